The highest BCUT2D eigenvalue weighted by Gasteiger charge is 2.28. The first-order valence-corrected chi connectivity index (χ1v) is 6.95. The van der Waals surface area contributed by atoms with Crippen LogP contribution in [0.2, 0.25) is 5.02 Å². The van der Waals surface area contributed by atoms with Crippen molar-refractivity contribution in [3.63, 3.8) is 0 Å². The Balaban J connectivity index is 1.94. The van der Waals surface area contributed by atoms with Crippen molar-refractivity contribution < 1.29 is 9.90 Å². The van der Waals surface area contributed by atoms with Gasteiger partial charge in [0.2, 0.25) is 0 Å². The molecule has 1 aliphatic rings. The summed E-state index contributed by atoms with van der Waals surface area (Å²) in [4.78, 5) is 19.5. The number of halogens is 1. The highest BCUT2D eigenvalue weighted by Crippen LogP contribution is 2.26. The molecule has 0 unspecified atom stereocenters. The van der Waals surface area contributed by atoms with Gasteiger partial charge in [0, 0.05) is 12.7 Å². The van der Waals surface area contributed by atoms with Crippen LogP contribution in [0, 0.1) is 0 Å². The van der Waals surface area contributed by atoms with Crippen LogP contribution in [-0.2, 0) is 0 Å². The summed E-state index contributed by atoms with van der Waals surface area (Å²) in [5.74, 6) is -0.370. The summed E-state index contributed by atoms with van der Waals surface area (Å²) in [7, 11) is 0. The number of nitrogens with one attached hydrogen (secondary N) is 1. The summed E-state index contributed by atoms with van der Waals surface area (Å²) in [5.41, 5.74) is -0.653. The number of hydrogen-bond acceptors (Lipinski definition) is 4. The van der Waals surface area contributed by atoms with Crippen LogP contribution in [-0.4, -0.2) is 33.1 Å². The van der Waals surface area contributed by atoms with Crippen LogP contribution >= 0.6 is 11.6 Å². The molecule has 6 heteroatoms. The quantitative estimate of drug-likeness (QED) is 0.832. The van der Waals surface area contributed by atoms with Gasteiger partial charge in [0.15, 0.2) is 0 Å². The molecule has 1 saturated carbocycles. The molecule has 0 aromatic carbocycles. The molecule has 0 bridgehead atoms. The molecule has 0 radical (unpaired) electrons. The predicted octanol–water partition coefficient (Wildman–Crippen LogP) is 1.95. The van der Waals surface area contributed by atoms with Crippen molar-refractivity contribution in [1.29, 1.82) is 0 Å². The minimum atomic E-state index is -0.800. The zero-order valence-corrected chi connectivity index (χ0v) is 11.5. The molecule has 2 rings (SSSR count). The molecule has 1 aromatic heterocycles. The monoisotopic (exact) mass is 283 g/mol. The third-order valence-corrected chi connectivity index (χ3v) is 3.77. The number of aliphatic hydroxyl groups is 1. The zero-order chi connectivity index (χ0) is 13.7. The van der Waals surface area contributed by atoms with E-state index in [1.54, 1.807) is 0 Å². The summed E-state index contributed by atoms with van der Waals surface area (Å²) in [6.45, 7) is 0.242. The summed E-state index contributed by atoms with van der Waals surface area (Å²) in [6.07, 6.45) is 8.41. The topological polar surface area (TPSA) is 75.1 Å². The van der Waals surface area contributed by atoms with E-state index in [2.05, 4.69) is 15.3 Å². The van der Waals surface area contributed by atoms with E-state index in [1.807, 2.05) is 0 Å². The second-order valence-corrected chi connectivity index (χ2v) is 5.45. The predicted molar refractivity (Wildman–Crippen MR) is 72.0 cm³/mol. The van der Waals surface area contributed by atoms with Gasteiger partial charge in [0.1, 0.15) is 12.0 Å². The molecule has 104 valence electrons. The van der Waals surface area contributed by atoms with E-state index in [0.717, 1.165) is 38.5 Å². The Labute approximate surface area is 117 Å². The third-order valence-electron chi connectivity index (χ3n) is 3.49. The van der Waals surface area contributed by atoms with E-state index in [-0.39, 0.29) is 23.2 Å². The van der Waals surface area contributed by atoms with Crippen LogP contribution in [0.25, 0.3) is 0 Å². The number of rotatable bonds is 3. The SMILES string of the molecule is O=C(NCC1(O)CCCCCC1)c1ncncc1Cl. The van der Waals surface area contributed by atoms with Crippen molar-refractivity contribution in [1.82, 2.24) is 15.3 Å². The Morgan fingerprint density at radius 1 is 1.37 bits per heavy atom. The van der Waals surface area contributed by atoms with E-state index in [9.17, 15) is 9.90 Å². The Hall–Kier alpha value is -1.20. The Kier molecular flexibility index (Phi) is 4.71. The van der Waals surface area contributed by atoms with Crippen molar-refractivity contribution in [3.05, 3.63) is 23.2 Å². The highest BCUT2D eigenvalue weighted by atomic mass is 35.5. The lowest BCUT2D eigenvalue weighted by Crippen LogP contribution is -2.42. The molecule has 0 aliphatic heterocycles. The highest BCUT2D eigenvalue weighted by molar-refractivity contribution is 6.33. The maximum atomic E-state index is 11.9. The van der Waals surface area contributed by atoms with Gasteiger partial charge < -0.3 is 10.4 Å². The summed E-state index contributed by atoms with van der Waals surface area (Å²) in [6, 6.07) is 0. The smallest absolute Gasteiger partial charge is 0.271 e. The van der Waals surface area contributed by atoms with Crippen molar-refractivity contribution in [2.75, 3.05) is 6.54 Å². The van der Waals surface area contributed by atoms with E-state index in [1.165, 1.54) is 12.5 Å². The van der Waals surface area contributed by atoms with E-state index >= 15 is 0 Å². The summed E-state index contributed by atoms with van der Waals surface area (Å²) in [5, 5.41) is 13.4. The van der Waals surface area contributed by atoms with Crippen LogP contribution in [0.5, 0.6) is 0 Å². The molecule has 0 saturated heterocycles. The van der Waals surface area contributed by atoms with Gasteiger partial charge in [-0.1, -0.05) is 37.3 Å². The average molecular weight is 284 g/mol. The second kappa shape index (κ2) is 6.30. The van der Waals surface area contributed by atoms with Gasteiger partial charge in [-0.3, -0.25) is 4.79 Å². The molecule has 1 fully saturated rings. The van der Waals surface area contributed by atoms with E-state index < -0.39 is 5.60 Å². The van der Waals surface area contributed by atoms with Crippen molar-refractivity contribution in [2.45, 2.75) is 44.1 Å². The lowest BCUT2D eigenvalue weighted by Gasteiger charge is -2.26. The van der Waals surface area contributed by atoms with Gasteiger partial charge >= 0.3 is 0 Å². The molecular formula is C13H18ClN3O2. The maximum absolute atomic E-state index is 11.9. The maximum Gasteiger partial charge on any atom is 0.271 e. The van der Waals surface area contributed by atoms with Gasteiger partial charge in [0.25, 0.3) is 5.91 Å². The fourth-order valence-corrected chi connectivity index (χ4v) is 2.56. The molecular weight excluding hydrogens is 266 g/mol. The molecule has 0 atom stereocenters. The first-order valence-electron chi connectivity index (χ1n) is 6.57. The largest absolute Gasteiger partial charge is 0.388 e. The van der Waals surface area contributed by atoms with Crippen molar-refractivity contribution in [2.24, 2.45) is 0 Å². The number of nitrogens with zero attached hydrogens (tertiary/aromatic N) is 2. The Bertz CT molecular complexity index is 445. The number of aromatic nitrogens is 2. The number of hydrogen-bond donors (Lipinski definition) is 2. The fraction of sp³-hybridized carbons (Fsp3) is 0.615. The van der Waals surface area contributed by atoms with Crippen LogP contribution < -0.4 is 5.32 Å². The molecule has 1 aromatic rings. The lowest BCUT2D eigenvalue weighted by atomic mass is 9.94. The Morgan fingerprint density at radius 3 is 2.68 bits per heavy atom. The normalized spacial score (nSPS) is 18.6. The second-order valence-electron chi connectivity index (χ2n) is 5.04. The zero-order valence-electron chi connectivity index (χ0n) is 10.7. The van der Waals surface area contributed by atoms with E-state index in [4.69, 9.17) is 11.6 Å². The molecule has 1 aliphatic carbocycles. The van der Waals surface area contributed by atoms with Gasteiger partial charge in [0.05, 0.1) is 10.6 Å². The van der Waals surface area contributed by atoms with Crippen LogP contribution in [0.3, 0.4) is 0 Å². The third kappa shape index (κ3) is 3.88. The summed E-state index contributed by atoms with van der Waals surface area (Å²) >= 11 is 5.85. The van der Waals surface area contributed by atoms with Gasteiger partial charge in [-0.2, -0.15) is 0 Å². The van der Waals surface area contributed by atoms with Crippen molar-refractivity contribution >= 4 is 17.5 Å². The fourth-order valence-electron chi connectivity index (χ4n) is 2.37. The van der Waals surface area contributed by atoms with Crippen LogP contribution in [0.1, 0.15) is 49.0 Å². The summed E-state index contributed by atoms with van der Waals surface area (Å²) < 4.78 is 0. The first-order chi connectivity index (χ1) is 9.11. The minimum Gasteiger partial charge on any atom is -0.388 e. The Morgan fingerprint density at radius 2 is 2.05 bits per heavy atom. The molecule has 19 heavy (non-hydrogen) atoms. The number of carbonyl (C=O) groups is 1. The number of carbonyl (C=O) groups excluding carboxylic acids is 1. The van der Waals surface area contributed by atoms with Gasteiger partial charge in [-0.15, -0.1) is 0 Å². The average Bonchev–Trinajstić information content (AvgIpc) is 2.62. The van der Waals surface area contributed by atoms with Gasteiger partial charge in [-0.25, -0.2) is 9.97 Å². The molecule has 2 N–H and O–H groups in total. The first kappa shape index (κ1) is 14.2. The molecule has 1 heterocycles. The van der Waals surface area contributed by atoms with Crippen molar-refractivity contribution in [3.8, 4) is 0 Å². The number of amides is 1. The van der Waals surface area contributed by atoms with Crippen LogP contribution in [0.4, 0.5) is 0 Å². The van der Waals surface area contributed by atoms with Crippen LogP contribution in [0.15, 0.2) is 12.5 Å². The lowest BCUT2D eigenvalue weighted by molar-refractivity contribution is 0.0246. The molecule has 1 amide bonds. The standard InChI is InChI=1S/C13H18ClN3O2/c14-10-7-15-9-17-11(10)12(18)16-8-13(19)5-3-1-2-4-6-13/h7,9,19H,1-6,8H2,(H,16,18). The molecule has 0 spiro atoms. The van der Waals surface area contributed by atoms with E-state index in [0.29, 0.717) is 0 Å². The van der Waals surface area contributed by atoms with Gasteiger partial charge in [-0.05, 0) is 12.8 Å². The minimum absolute atomic E-state index is 0.147. The molecule has 5 nitrogen and oxygen atoms in total.